The van der Waals surface area contributed by atoms with E-state index in [1.54, 1.807) is 10.7 Å². The first-order valence-electron chi connectivity index (χ1n) is 13.6. The molecule has 42 heavy (non-hydrogen) atoms. The number of carbonyl (C=O) groups excluding carboxylic acids is 1. The first-order valence-corrected chi connectivity index (χ1v) is 14.7. The van der Waals surface area contributed by atoms with Crippen LogP contribution in [0.2, 0.25) is 5.02 Å². The molecule has 208 valence electrons. The van der Waals surface area contributed by atoms with Gasteiger partial charge in [0, 0.05) is 29.7 Å². The van der Waals surface area contributed by atoms with Crippen molar-refractivity contribution in [1.29, 1.82) is 0 Å². The third-order valence-corrected chi connectivity index (χ3v) is 7.96. The molecule has 1 amide bonds. The molecule has 0 fully saturated rings. The second kappa shape index (κ2) is 12.6. The van der Waals surface area contributed by atoms with Crippen LogP contribution in [0.15, 0.2) is 126 Å². The average Bonchev–Trinajstić information content (AvgIpc) is 3.41. The van der Waals surface area contributed by atoms with Gasteiger partial charge in [-0.2, -0.15) is 9.61 Å². The molecule has 6 rings (SSSR count). The van der Waals surface area contributed by atoms with E-state index in [-0.39, 0.29) is 11.8 Å². The molecule has 8 heteroatoms. The van der Waals surface area contributed by atoms with Crippen LogP contribution < -0.4 is 10.6 Å². The summed E-state index contributed by atoms with van der Waals surface area (Å²) >= 11 is 10.0. The fourth-order valence-electron chi connectivity index (χ4n) is 4.91. The quantitative estimate of drug-likeness (QED) is 0.169. The molecule has 2 heterocycles. The Bertz CT molecular complexity index is 1790. The van der Waals surface area contributed by atoms with Crippen LogP contribution in [-0.2, 0) is 17.9 Å². The topological polar surface area (TPSA) is 71.3 Å². The molecule has 0 aliphatic heterocycles. The van der Waals surface area contributed by atoms with Gasteiger partial charge in [0.25, 0.3) is 0 Å². The van der Waals surface area contributed by atoms with Gasteiger partial charge in [-0.15, -0.1) is 0 Å². The van der Waals surface area contributed by atoms with E-state index in [0.717, 1.165) is 43.8 Å². The van der Waals surface area contributed by atoms with E-state index in [2.05, 4.69) is 43.8 Å². The van der Waals surface area contributed by atoms with E-state index in [1.807, 2.05) is 103 Å². The predicted molar refractivity (Wildman–Crippen MR) is 171 cm³/mol. The van der Waals surface area contributed by atoms with Crippen molar-refractivity contribution >= 4 is 44.9 Å². The van der Waals surface area contributed by atoms with Crippen LogP contribution in [0.1, 0.15) is 28.2 Å². The minimum Gasteiger partial charge on any atom is -0.366 e. The average molecular weight is 637 g/mol. The van der Waals surface area contributed by atoms with E-state index >= 15 is 0 Å². The van der Waals surface area contributed by atoms with Gasteiger partial charge in [-0.1, -0.05) is 115 Å². The maximum Gasteiger partial charge on any atom is 0.232 e. The Labute approximate surface area is 257 Å². The maximum absolute atomic E-state index is 13.4. The maximum atomic E-state index is 13.4. The van der Waals surface area contributed by atoms with Crippen molar-refractivity contribution in [3.8, 4) is 11.3 Å². The summed E-state index contributed by atoms with van der Waals surface area (Å²) in [7, 11) is 0. The van der Waals surface area contributed by atoms with Crippen LogP contribution in [0.3, 0.4) is 0 Å². The van der Waals surface area contributed by atoms with Crippen molar-refractivity contribution in [2.75, 3.05) is 5.32 Å². The lowest BCUT2D eigenvalue weighted by Gasteiger charge is -2.18. The molecule has 0 atom stereocenters. The number of hydrogen-bond acceptors (Lipinski definition) is 4. The van der Waals surface area contributed by atoms with Crippen LogP contribution in [0, 0.1) is 0 Å². The summed E-state index contributed by atoms with van der Waals surface area (Å²) < 4.78 is 2.57. The fourth-order valence-corrected chi connectivity index (χ4v) is 5.49. The molecule has 0 bridgehead atoms. The number of aromatic nitrogens is 3. The van der Waals surface area contributed by atoms with Crippen LogP contribution in [0.5, 0.6) is 0 Å². The van der Waals surface area contributed by atoms with Gasteiger partial charge in [-0.05, 0) is 44.3 Å². The summed E-state index contributed by atoms with van der Waals surface area (Å²) in [6.45, 7) is 1.02. The highest BCUT2D eigenvalue weighted by Crippen LogP contribution is 2.30. The molecular weight excluding hydrogens is 610 g/mol. The number of nitrogens with one attached hydrogen (secondary N) is 2. The lowest BCUT2D eigenvalue weighted by molar-refractivity contribution is -0.121. The van der Waals surface area contributed by atoms with E-state index in [0.29, 0.717) is 23.8 Å². The van der Waals surface area contributed by atoms with Gasteiger partial charge in [0.05, 0.1) is 22.3 Å². The number of fused-ring (bicyclic) bond motifs is 1. The van der Waals surface area contributed by atoms with E-state index in [1.165, 1.54) is 0 Å². The minimum atomic E-state index is -0.369. The van der Waals surface area contributed by atoms with Crippen LogP contribution in [0.25, 0.3) is 16.9 Å². The van der Waals surface area contributed by atoms with Crippen LogP contribution >= 0.6 is 27.5 Å². The fraction of sp³-hybridized carbons (Fsp3) is 0.0882. The standard InChI is InChI=1S/C34H27BrClN5O/c35-28-22-39-41-31(19-30(40-33(28)41)27-13-7-8-14-29(27)36)37-20-23-15-17-24(18-16-23)21-38-34(42)32(25-9-3-1-4-10-25)26-11-5-2-6-12-26/h1-19,22,32,37H,20-21H2,(H,38,42). The molecule has 6 aromatic rings. The monoisotopic (exact) mass is 635 g/mol. The number of hydrogen-bond donors (Lipinski definition) is 2. The van der Waals surface area contributed by atoms with Crippen molar-refractivity contribution in [2.24, 2.45) is 0 Å². The molecule has 2 N–H and O–H groups in total. The highest BCUT2D eigenvalue weighted by atomic mass is 79.9. The summed E-state index contributed by atoms with van der Waals surface area (Å²) in [5.74, 6) is 0.399. The molecule has 0 aliphatic rings. The highest BCUT2D eigenvalue weighted by Gasteiger charge is 2.22. The zero-order valence-electron chi connectivity index (χ0n) is 22.5. The smallest absolute Gasteiger partial charge is 0.232 e. The Morgan fingerprint density at radius 2 is 1.40 bits per heavy atom. The molecule has 0 radical (unpaired) electrons. The van der Waals surface area contributed by atoms with E-state index in [9.17, 15) is 4.79 Å². The van der Waals surface area contributed by atoms with Gasteiger partial charge in [-0.25, -0.2) is 4.98 Å². The largest absolute Gasteiger partial charge is 0.366 e. The van der Waals surface area contributed by atoms with Crippen LogP contribution in [0.4, 0.5) is 5.82 Å². The zero-order valence-corrected chi connectivity index (χ0v) is 24.9. The van der Waals surface area contributed by atoms with E-state index in [4.69, 9.17) is 16.6 Å². The van der Waals surface area contributed by atoms with Gasteiger partial charge in [0.15, 0.2) is 5.65 Å². The minimum absolute atomic E-state index is 0.0282. The van der Waals surface area contributed by atoms with Crippen molar-refractivity contribution in [3.05, 3.63) is 153 Å². The van der Waals surface area contributed by atoms with Gasteiger partial charge in [0.1, 0.15) is 5.82 Å². The predicted octanol–water partition coefficient (Wildman–Crippen LogP) is 7.87. The third kappa shape index (κ3) is 6.08. The summed E-state index contributed by atoms with van der Waals surface area (Å²) in [4.78, 5) is 18.1. The molecule has 6 nitrogen and oxygen atoms in total. The third-order valence-electron chi connectivity index (χ3n) is 7.07. The van der Waals surface area contributed by atoms with Gasteiger partial charge < -0.3 is 10.6 Å². The Morgan fingerprint density at radius 1 is 0.810 bits per heavy atom. The number of rotatable bonds is 9. The molecule has 0 unspecified atom stereocenters. The lowest BCUT2D eigenvalue weighted by atomic mass is 9.90. The SMILES string of the molecule is O=C(NCc1ccc(CNc2cc(-c3ccccc3Cl)nc3c(Br)cnn23)cc1)C(c1ccccc1)c1ccccc1. The second-order valence-corrected chi connectivity index (χ2v) is 11.1. The number of anilines is 1. The van der Waals surface area contributed by atoms with Gasteiger partial charge in [0.2, 0.25) is 5.91 Å². The summed E-state index contributed by atoms with van der Waals surface area (Å²) in [5, 5.41) is 11.7. The van der Waals surface area contributed by atoms with Gasteiger partial charge >= 0.3 is 0 Å². The van der Waals surface area contributed by atoms with Crippen molar-refractivity contribution in [1.82, 2.24) is 19.9 Å². The number of amides is 1. The number of nitrogens with zero attached hydrogens (tertiary/aromatic N) is 3. The molecule has 0 aliphatic carbocycles. The van der Waals surface area contributed by atoms with Crippen molar-refractivity contribution < 1.29 is 4.79 Å². The van der Waals surface area contributed by atoms with E-state index < -0.39 is 0 Å². The molecule has 0 spiro atoms. The first-order chi connectivity index (χ1) is 20.6. The molecule has 4 aromatic carbocycles. The Balaban J connectivity index is 1.14. The second-order valence-electron chi connectivity index (χ2n) is 9.88. The summed E-state index contributed by atoms with van der Waals surface area (Å²) in [5.41, 5.74) is 6.36. The molecule has 2 aromatic heterocycles. The zero-order chi connectivity index (χ0) is 28.9. The first kappa shape index (κ1) is 27.7. The Hall–Kier alpha value is -4.46. The number of halogens is 2. The van der Waals surface area contributed by atoms with Gasteiger partial charge in [-0.3, -0.25) is 4.79 Å². The lowest BCUT2D eigenvalue weighted by Crippen LogP contribution is -2.29. The Kier molecular flexibility index (Phi) is 8.30. The molecular formula is C34H27BrClN5O. The summed E-state index contributed by atoms with van der Waals surface area (Å²) in [6.07, 6.45) is 1.73. The molecule has 0 saturated carbocycles. The highest BCUT2D eigenvalue weighted by molar-refractivity contribution is 9.10. The summed E-state index contributed by atoms with van der Waals surface area (Å²) in [6, 6.07) is 37.6. The molecule has 0 saturated heterocycles. The van der Waals surface area contributed by atoms with Crippen LogP contribution in [-0.4, -0.2) is 20.5 Å². The normalized spacial score (nSPS) is 11.1. The van der Waals surface area contributed by atoms with Crippen molar-refractivity contribution in [3.63, 3.8) is 0 Å². The number of carbonyl (C=O) groups is 1. The Morgan fingerprint density at radius 3 is 2.05 bits per heavy atom. The van der Waals surface area contributed by atoms with Crippen molar-refractivity contribution in [2.45, 2.75) is 19.0 Å². The number of benzene rings is 4.